The summed E-state index contributed by atoms with van der Waals surface area (Å²) in [7, 11) is 1.57. The van der Waals surface area contributed by atoms with Crippen LogP contribution in [-0.2, 0) is 14.3 Å². The summed E-state index contributed by atoms with van der Waals surface area (Å²) in [6.45, 7) is 8.85. The summed E-state index contributed by atoms with van der Waals surface area (Å²) in [5, 5.41) is 0. The normalized spacial score (nSPS) is 14.8. The Morgan fingerprint density at radius 3 is 2.54 bits per heavy atom. The summed E-state index contributed by atoms with van der Waals surface area (Å²) in [6, 6.07) is 11.4. The molecule has 2 aromatic carbocycles. The fourth-order valence-corrected chi connectivity index (χ4v) is 5.22. The van der Waals surface area contributed by atoms with E-state index < -0.39 is 18.0 Å². The molecule has 0 aliphatic carbocycles. The average Bonchev–Trinajstić information content (AvgIpc) is 3.22. The molecule has 39 heavy (non-hydrogen) atoms. The minimum atomic E-state index is -0.753. The predicted molar refractivity (Wildman–Crippen MR) is 147 cm³/mol. The number of hydrogen-bond acceptors (Lipinski definition) is 9. The van der Waals surface area contributed by atoms with Crippen LogP contribution in [0.2, 0.25) is 0 Å². The molecule has 0 spiro atoms. The smallest absolute Gasteiger partial charge is 0.338 e. The standard InChI is InChI=1S/C29H28N2O7S/c1-6-14-37-28(34)25-17(3)30-29-31(26(25)20-9-11-21(35-5)12-10-20)27(33)24(39-29)16-19-8-13-22(38-18(4)32)23(15-19)36-7-2/h6,8-13,15-16,26H,1,7,14H2,2-5H3/b24-16+/t26-/m1/s1. The molecule has 0 amide bonds. The highest BCUT2D eigenvalue weighted by atomic mass is 32.1. The fourth-order valence-electron chi connectivity index (χ4n) is 4.17. The van der Waals surface area contributed by atoms with E-state index >= 15 is 0 Å². The third-order valence-corrected chi connectivity index (χ3v) is 6.81. The second kappa shape index (κ2) is 12.0. The Kier molecular flexibility index (Phi) is 8.46. The molecule has 0 saturated carbocycles. The summed E-state index contributed by atoms with van der Waals surface area (Å²) in [6.07, 6.45) is 3.19. The molecule has 10 heteroatoms. The predicted octanol–water partition coefficient (Wildman–Crippen LogP) is 3.30. The zero-order valence-electron chi connectivity index (χ0n) is 22.1. The van der Waals surface area contributed by atoms with E-state index in [1.165, 1.54) is 28.9 Å². The van der Waals surface area contributed by atoms with Crippen molar-refractivity contribution in [2.45, 2.75) is 26.8 Å². The summed E-state index contributed by atoms with van der Waals surface area (Å²) in [4.78, 5) is 43.4. The van der Waals surface area contributed by atoms with Gasteiger partial charge in [0.15, 0.2) is 16.3 Å². The van der Waals surface area contributed by atoms with Gasteiger partial charge in [0.1, 0.15) is 12.4 Å². The third kappa shape index (κ3) is 5.85. The van der Waals surface area contributed by atoms with Crippen molar-refractivity contribution in [1.82, 2.24) is 4.57 Å². The number of allylic oxidation sites excluding steroid dienone is 1. The molecule has 0 radical (unpaired) electrons. The number of hydrogen-bond donors (Lipinski definition) is 0. The van der Waals surface area contributed by atoms with Crippen molar-refractivity contribution >= 4 is 29.4 Å². The van der Waals surface area contributed by atoms with E-state index in [-0.39, 0.29) is 17.7 Å². The van der Waals surface area contributed by atoms with Gasteiger partial charge in [-0.05, 0) is 55.3 Å². The molecule has 1 aliphatic heterocycles. The fraction of sp³-hybridized carbons (Fsp3) is 0.241. The topological polar surface area (TPSA) is 105 Å². The molecular weight excluding hydrogens is 520 g/mol. The Bertz CT molecular complexity index is 1630. The largest absolute Gasteiger partial charge is 0.497 e. The average molecular weight is 549 g/mol. The lowest BCUT2D eigenvalue weighted by atomic mass is 9.96. The van der Waals surface area contributed by atoms with Crippen molar-refractivity contribution in [1.29, 1.82) is 0 Å². The van der Waals surface area contributed by atoms with Crippen LogP contribution in [0.5, 0.6) is 17.2 Å². The van der Waals surface area contributed by atoms with Crippen molar-refractivity contribution < 1.29 is 28.5 Å². The number of ether oxygens (including phenoxy) is 4. The van der Waals surface area contributed by atoms with Gasteiger partial charge in [-0.25, -0.2) is 9.79 Å². The van der Waals surface area contributed by atoms with Gasteiger partial charge >= 0.3 is 11.9 Å². The van der Waals surface area contributed by atoms with Crippen LogP contribution in [0, 0.1) is 0 Å². The number of carbonyl (C=O) groups excluding carboxylic acids is 2. The van der Waals surface area contributed by atoms with Crippen molar-refractivity contribution in [3.05, 3.63) is 97.2 Å². The molecule has 1 atom stereocenters. The minimum absolute atomic E-state index is 0.0286. The molecule has 4 rings (SSSR count). The van der Waals surface area contributed by atoms with E-state index in [1.54, 1.807) is 50.4 Å². The highest BCUT2D eigenvalue weighted by molar-refractivity contribution is 7.07. The number of fused-ring (bicyclic) bond motifs is 1. The molecule has 9 nitrogen and oxygen atoms in total. The van der Waals surface area contributed by atoms with Crippen LogP contribution >= 0.6 is 11.3 Å². The lowest BCUT2D eigenvalue weighted by molar-refractivity contribution is -0.138. The molecule has 1 aromatic heterocycles. The highest BCUT2D eigenvalue weighted by Gasteiger charge is 2.33. The molecule has 202 valence electrons. The maximum atomic E-state index is 13.8. The summed E-state index contributed by atoms with van der Waals surface area (Å²) in [5.41, 5.74) is 1.78. The maximum absolute atomic E-state index is 13.8. The van der Waals surface area contributed by atoms with Gasteiger partial charge in [-0.1, -0.05) is 42.2 Å². The van der Waals surface area contributed by atoms with Crippen molar-refractivity contribution in [2.75, 3.05) is 20.3 Å². The van der Waals surface area contributed by atoms with E-state index in [9.17, 15) is 14.4 Å². The van der Waals surface area contributed by atoms with Gasteiger partial charge in [0.2, 0.25) is 0 Å². The SMILES string of the molecule is C=CCOC(=O)C1=C(C)N=c2s/c(=C/c3ccc(OC(C)=O)c(OCC)c3)c(=O)n2[C@@H]1c1ccc(OC)cc1. The quantitative estimate of drug-likeness (QED) is 0.230. The first-order valence-electron chi connectivity index (χ1n) is 12.2. The molecule has 0 fully saturated rings. The zero-order valence-corrected chi connectivity index (χ0v) is 22.9. The van der Waals surface area contributed by atoms with Gasteiger partial charge in [0, 0.05) is 6.92 Å². The molecule has 0 saturated heterocycles. The van der Waals surface area contributed by atoms with E-state index in [2.05, 4.69) is 11.6 Å². The van der Waals surface area contributed by atoms with Gasteiger partial charge < -0.3 is 18.9 Å². The first kappa shape index (κ1) is 27.6. The van der Waals surface area contributed by atoms with Crippen molar-refractivity contribution in [2.24, 2.45) is 4.99 Å². The first-order valence-corrected chi connectivity index (χ1v) is 13.0. The Morgan fingerprint density at radius 2 is 1.90 bits per heavy atom. The summed E-state index contributed by atoms with van der Waals surface area (Å²) < 4.78 is 23.4. The lowest BCUT2D eigenvalue weighted by Gasteiger charge is -2.24. The molecular formula is C29H28N2O7S. The number of benzene rings is 2. The van der Waals surface area contributed by atoms with Gasteiger partial charge in [-0.3, -0.25) is 14.2 Å². The molecule has 0 bridgehead atoms. The summed E-state index contributed by atoms with van der Waals surface area (Å²) in [5.74, 6) is 0.279. The van der Waals surface area contributed by atoms with Gasteiger partial charge in [-0.2, -0.15) is 0 Å². The molecule has 0 unspecified atom stereocenters. The number of thiazole rings is 1. The number of aromatic nitrogens is 1. The molecule has 0 N–H and O–H groups in total. The number of carbonyl (C=O) groups is 2. The van der Waals surface area contributed by atoms with Gasteiger partial charge in [0.05, 0.1) is 35.6 Å². The molecule has 2 heterocycles. The second-order valence-corrected chi connectivity index (χ2v) is 9.48. The molecule has 1 aliphatic rings. The minimum Gasteiger partial charge on any atom is -0.497 e. The van der Waals surface area contributed by atoms with Crippen molar-refractivity contribution in [3.8, 4) is 17.2 Å². The van der Waals surface area contributed by atoms with Crippen LogP contribution in [-0.4, -0.2) is 36.8 Å². The van der Waals surface area contributed by atoms with Crippen LogP contribution in [0.15, 0.2) is 76.2 Å². The third-order valence-electron chi connectivity index (χ3n) is 5.82. The van der Waals surface area contributed by atoms with Gasteiger partial charge in [-0.15, -0.1) is 0 Å². The first-order chi connectivity index (χ1) is 18.8. The van der Waals surface area contributed by atoms with Crippen LogP contribution in [0.1, 0.15) is 37.9 Å². The Morgan fingerprint density at radius 1 is 1.15 bits per heavy atom. The van der Waals surface area contributed by atoms with Crippen LogP contribution in [0.4, 0.5) is 0 Å². The van der Waals surface area contributed by atoms with Crippen LogP contribution in [0.3, 0.4) is 0 Å². The van der Waals surface area contributed by atoms with E-state index in [1.807, 2.05) is 19.1 Å². The van der Waals surface area contributed by atoms with Crippen LogP contribution in [0.25, 0.3) is 6.08 Å². The van der Waals surface area contributed by atoms with E-state index in [4.69, 9.17) is 18.9 Å². The Balaban J connectivity index is 1.87. The van der Waals surface area contributed by atoms with Crippen LogP contribution < -0.4 is 29.1 Å². The van der Waals surface area contributed by atoms with Crippen molar-refractivity contribution in [3.63, 3.8) is 0 Å². The lowest BCUT2D eigenvalue weighted by Crippen LogP contribution is -2.39. The number of rotatable bonds is 9. The second-order valence-electron chi connectivity index (χ2n) is 8.47. The van der Waals surface area contributed by atoms with E-state index in [0.29, 0.717) is 50.0 Å². The number of esters is 2. The summed E-state index contributed by atoms with van der Waals surface area (Å²) >= 11 is 1.21. The monoisotopic (exact) mass is 548 g/mol. The highest BCUT2D eigenvalue weighted by Crippen LogP contribution is 2.32. The number of methoxy groups -OCH3 is 1. The Labute approximate surface area is 228 Å². The number of nitrogens with zero attached hydrogens (tertiary/aromatic N) is 2. The zero-order chi connectivity index (χ0) is 28.1. The van der Waals surface area contributed by atoms with E-state index in [0.717, 1.165) is 0 Å². The van der Waals surface area contributed by atoms with Gasteiger partial charge in [0.25, 0.3) is 5.56 Å². The molecule has 3 aromatic rings. The Hall–Kier alpha value is -4.44. The maximum Gasteiger partial charge on any atom is 0.338 e.